The summed E-state index contributed by atoms with van der Waals surface area (Å²) in [5.41, 5.74) is 7.22. The Morgan fingerprint density at radius 1 is 0.935 bits per heavy atom. The number of hydrogen-bond donors (Lipinski definition) is 2. The van der Waals surface area contributed by atoms with E-state index >= 15 is 0 Å². The van der Waals surface area contributed by atoms with Crippen LogP contribution in [0.2, 0.25) is 0 Å². The second kappa shape index (κ2) is 10.2. The number of carbonyl (C=O) groups is 2. The molecule has 0 radical (unpaired) electrons. The quantitative estimate of drug-likeness (QED) is 0.445. The number of hydrogen-bond acceptors (Lipinski definition) is 4. The van der Waals surface area contributed by atoms with Crippen LogP contribution in [-0.2, 0) is 11.2 Å². The van der Waals surface area contributed by atoms with Crippen LogP contribution < -0.4 is 15.5 Å². The number of nitrogens with zero attached hydrogens (tertiary/aromatic N) is 1. The molecule has 3 aromatic carbocycles. The Labute approximate surface area is 182 Å². The highest BCUT2D eigenvalue weighted by atomic mass is 16.5. The molecule has 0 saturated carbocycles. The summed E-state index contributed by atoms with van der Waals surface area (Å²) in [6, 6.07) is 22.1. The molecule has 6 nitrogen and oxygen atoms in total. The van der Waals surface area contributed by atoms with Gasteiger partial charge < -0.3 is 10.1 Å². The van der Waals surface area contributed by atoms with Gasteiger partial charge in [-0.05, 0) is 60.9 Å². The van der Waals surface area contributed by atoms with E-state index in [0.29, 0.717) is 17.0 Å². The largest absolute Gasteiger partial charge is 0.497 e. The Balaban J connectivity index is 1.57. The standard InChI is InChI=1S/C25H25N3O3/c1-17-6-4-5-7-23(17)25(30)26-21-12-10-20(11-13-21)18(2)27-28-24(29)16-19-8-14-22(31-3)15-9-19/h4-15H,16H2,1-3H3,(H,26,30)(H,28,29)/b27-18-. The van der Waals surface area contributed by atoms with E-state index in [-0.39, 0.29) is 18.2 Å². The molecule has 2 N–H and O–H groups in total. The van der Waals surface area contributed by atoms with E-state index in [1.807, 2.05) is 80.6 Å². The Morgan fingerprint density at radius 3 is 2.26 bits per heavy atom. The lowest BCUT2D eigenvalue weighted by Crippen LogP contribution is -2.21. The third-order valence-electron chi connectivity index (χ3n) is 4.82. The molecular formula is C25H25N3O3. The summed E-state index contributed by atoms with van der Waals surface area (Å²) < 4.78 is 5.11. The van der Waals surface area contributed by atoms with Gasteiger partial charge in [0.25, 0.3) is 5.91 Å². The normalized spacial score (nSPS) is 11.0. The van der Waals surface area contributed by atoms with Crippen molar-refractivity contribution in [2.45, 2.75) is 20.3 Å². The van der Waals surface area contributed by atoms with Crippen LogP contribution in [0.25, 0.3) is 0 Å². The average molecular weight is 415 g/mol. The van der Waals surface area contributed by atoms with Gasteiger partial charge in [0, 0.05) is 11.3 Å². The summed E-state index contributed by atoms with van der Waals surface area (Å²) >= 11 is 0. The molecule has 0 heterocycles. The minimum atomic E-state index is -0.202. The molecule has 0 unspecified atom stereocenters. The molecule has 0 saturated heterocycles. The predicted molar refractivity (Wildman–Crippen MR) is 123 cm³/mol. The van der Waals surface area contributed by atoms with Crippen molar-refractivity contribution in [2.24, 2.45) is 5.10 Å². The Hall–Kier alpha value is -3.93. The molecule has 3 rings (SSSR count). The van der Waals surface area contributed by atoms with Gasteiger partial charge in [0.15, 0.2) is 0 Å². The second-order valence-electron chi connectivity index (χ2n) is 7.10. The predicted octanol–water partition coefficient (Wildman–Crippen LogP) is 4.34. The van der Waals surface area contributed by atoms with Crippen LogP contribution in [0.3, 0.4) is 0 Å². The summed E-state index contributed by atoms with van der Waals surface area (Å²) in [6.07, 6.45) is 0.227. The molecule has 0 fully saturated rings. The summed E-state index contributed by atoms with van der Waals surface area (Å²) in [5, 5.41) is 7.07. The van der Waals surface area contributed by atoms with Crippen molar-refractivity contribution in [2.75, 3.05) is 12.4 Å². The van der Waals surface area contributed by atoms with E-state index in [4.69, 9.17) is 4.74 Å². The highest BCUT2D eigenvalue weighted by Crippen LogP contribution is 2.14. The number of aryl methyl sites for hydroxylation is 1. The van der Waals surface area contributed by atoms with Gasteiger partial charge in [0.2, 0.25) is 5.91 Å². The maximum Gasteiger partial charge on any atom is 0.255 e. The van der Waals surface area contributed by atoms with Crippen LogP contribution in [0.5, 0.6) is 5.75 Å². The molecule has 0 atom stereocenters. The number of amides is 2. The van der Waals surface area contributed by atoms with Crippen molar-refractivity contribution in [1.29, 1.82) is 0 Å². The number of benzene rings is 3. The molecule has 2 amide bonds. The number of rotatable bonds is 7. The average Bonchev–Trinajstić information content (AvgIpc) is 2.78. The van der Waals surface area contributed by atoms with Crippen molar-refractivity contribution in [3.8, 4) is 5.75 Å². The third kappa shape index (κ3) is 6.02. The molecule has 6 heteroatoms. The molecule has 158 valence electrons. The molecule has 0 aliphatic heterocycles. The molecule has 0 aliphatic carbocycles. The van der Waals surface area contributed by atoms with Crippen molar-refractivity contribution >= 4 is 23.2 Å². The van der Waals surface area contributed by atoms with E-state index in [9.17, 15) is 9.59 Å². The summed E-state index contributed by atoms with van der Waals surface area (Å²) in [6.45, 7) is 3.72. The highest BCUT2D eigenvalue weighted by molar-refractivity contribution is 6.05. The van der Waals surface area contributed by atoms with Gasteiger partial charge in [0.1, 0.15) is 5.75 Å². The number of ether oxygens (including phenoxy) is 1. The zero-order chi connectivity index (χ0) is 22.2. The number of anilines is 1. The van der Waals surface area contributed by atoms with E-state index in [0.717, 1.165) is 22.4 Å². The fraction of sp³-hybridized carbons (Fsp3) is 0.160. The Morgan fingerprint density at radius 2 is 1.61 bits per heavy atom. The summed E-state index contributed by atoms with van der Waals surface area (Å²) in [7, 11) is 1.60. The summed E-state index contributed by atoms with van der Waals surface area (Å²) in [5.74, 6) is 0.394. The van der Waals surface area contributed by atoms with Crippen molar-refractivity contribution < 1.29 is 14.3 Å². The van der Waals surface area contributed by atoms with Crippen LogP contribution in [-0.4, -0.2) is 24.6 Å². The summed E-state index contributed by atoms with van der Waals surface area (Å²) in [4.78, 5) is 24.6. The fourth-order valence-electron chi connectivity index (χ4n) is 3.00. The number of carbonyl (C=O) groups excluding carboxylic acids is 2. The molecule has 0 aliphatic rings. The van der Waals surface area contributed by atoms with Gasteiger partial charge >= 0.3 is 0 Å². The molecule has 3 aromatic rings. The second-order valence-corrected chi connectivity index (χ2v) is 7.10. The van der Waals surface area contributed by atoms with Crippen molar-refractivity contribution in [3.05, 3.63) is 95.1 Å². The van der Waals surface area contributed by atoms with Gasteiger partial charge in [-0.2, -0.15) is 5.10 Å². The lowest BCUT2D eigenvalue weighted by Gasteiger charge is -2.09. The molecule has 0 aromatic heterocycles. The lowest BCUT2D eigenvalue weighted by atomic mass is 10.1. The number of hydrazone groups is 1. The minimum absolute atomic E-state index is 0.151. The Kier molecular flexibility index (Phi) is 7.17. The first-order chi connectivity index (χ1) is 15.0. The SMILES string of the molecule is COc1ccc(CC(=O)N/N=C(/C)c2ccc(NC(=O)c3ccccc3C)cc2)cc1. The van der Waals surface area contributed by atoms with Crippen LogP contribution in [0.1, 0.15) is 34.0 Å². The van der Waals surface area contributed by atoms with Gasteiger partial charge in [0.05, 0.1) is 19.2 Å². The first-order valence-corrected chi connectivity index (χ1v) is 9.90. The third-order valence-corrected chi connectivity index (χ3v) is 4.82. The van der Waals surface area contributed by atoms with Crippen LogP contribution in [0, 0.1) is 6.92 Å². The minimum Gasteiger partial charge on any atom is -0.497 e. The van der Waals surface area contributed by atoms with Crippen LogP contribution in [0.4, 0.5) is 5.69 Å². The zero-order valence-corrected chi connectivity index (χ0v) is 17.8. The van der Waals surface area contributed by atoms with E-state index in [2.05, 4.69) is 15.8 Å². The van der Waals surface area contributed by atoms with Crippen molar-refractivity contribution in [1.82, 2.24) is 5.43 Å². The van der Waals surface area contributed by atoms with E-state index in [1.165, 1.54) is 0 Å². The van der Waals surface area contributed by atoms with Gasteiger partial charge in [-0.15, -0.1) is 0 Å². The maximum atomic E-state index is 12.4. The molecule has 31 heavy (non-hydrogen) atoms. The monoisotopic (exact) mass is 415 g/mol. The van der Waals surface area contributed by atoms with Crippen LogP contribution in [0.15, 0.2) is 77.9 Å². The van der Waals surface area contributed by atoms with Crippen molar-refractivity contribution in [3.63, 3.8) is 0 Å². The highest BCUT2D eigenvalue weighted by Gasteiger charge is 2.09. The lowest BCUT2D eigenvalue weighted by molar-refractivity contribution is -0.120. The zero-order valence-electron chi connectivity index (χ0n) is 17.8. The van der Waals surface area contributed by atoms with Gasteiger partial charge in [-0.3, -0.25) is 9.59 Å². The topological polar surface area (TPSA) is 79.8 Å². The van der Waals surface area contributed by atoms with Gasteiger partial charge in [-0.1, -0.05) is 42.5 Å². The molecular weight excluding hydrogens is 390 g/mol. The molecule has 0 spiro atoms. The van der Waals surface area contributed by atoms with E-state index < -0.39 is 0 Å². The maximum absolute atomic E-state index is 12.4. The Bertz CT molecular complexity index is 1090. The fourth-order valence-corrected chi connectivity index (χ4v) is 3.00. The van der Waals surface area contributed by atoms with Crippen LogP contribution >= 0.6 is 0 Å². The molecule has 0 bridgehead atoms. The first kappa shape index (κ1) is 21.8. The first-order valence-electron chi connectivity index (χ1n) is 9.90. The van der Waals surface area contributed by atoms with E-state index in [1.54, 1.807) is 13.2 Å². The number of methoxy groups -OCH3 is 1. The smallest absolute Gasteiger partial charge is 0.255 e. The van der Waals surface area contributed by atoms with Gasteiger partial charge in [-0.25, -0.2) is 5.43 Å². The number of nitrogens with one attached hydrogen (secondary N) is 2.